The lowest BCUT2D eigenvalue weighted by Crippen LogP contribution is -2.24. The number of esters is 1. The van der Waals surface area contributed by atoms with Crippen LogP contribution >= 0.6 is 11.8 Å². The Labute approximate surface area is 169 Å². The van der Waals surface area contributed by atoms with Crippen molar-refractivity contribution in [2.75, 3.05) is 11.9 Å². The van der Waals surface area contributed by atoms with Crippen molar-refractivity contribution in [3.05, 3.63) is 59.7 Å². The molecule has 0 fully saturated rings. The van der Waals surface area contributed by atoms with E-state index in [0.717, 1.165) is 10.5 Å². The van der Waals surface area contributed by atoms with Crippen LogP contribution in [-0.4, -0.2) is 23.6 Å². The van der Waals surface area contributed by atoms with Gasteiger partial charge in [-0.3, -0.25) is 9.59 Å². The third kappa shape index (κ3) is 6.53. The van der Waals surface area contributed by atoms with Crippen LogP contribution in [0.15, 0.2) is 53.4 Å². The molecule has 0 heterocycles. The first-order chi connectivity index (χ1) is 13.4. The van der Waals surface area contributed by atoms with Gasteiger partial charge in [-0.15, -0.1) is 0 Å². The topological polar surface area (TPSA) is 72.5 Å². The standard InChI is InChI=1S/C22H25NO4S/c1-4-17(12-16-8-6-11-20(13-16)28-15(3)24)21(25)23-19-10-7-9-18(14-19)22(26)27-5-2/h6-11,13-14,17H,4-5,12H2,1-3H3,(H,23,25). The molecule has 2 aromatic carbocycles. The van der Waals surface area contributed by atoms with Gasteiger partial charge in [-0.1, -0.05) is 36.9 Å². The highest BCUT2D eigenvalue weighted by Gasteiger charge is 2.18. The molecule has 0 aliphatic carbocycles. The van der Waals surface area contributed by atoms with Crippen LogP contribution < -0.4 is 5.32 Å². The number of amides is 1. The quantitative estimate of drug-likeness (QED) is 0.514. The zero-order chi connectivity index (χ0) is 20.5. The summed E-state index contributed by atoms with van der Waals surface area (Å²) in [5, 5.41) is 2.92. The molecule has 0 spiro atoms. The molecule has 0 saturated carbocycles. The minimum Gasteiger partial charge on any atom is -0.462 e. The molecule has 1 N–H and O–H groups in total. The molecule has 2 aromatic rings. The Morgan fingerprint density at radius 2 is 1.82 bits per heavy atom. The molecular weight excluding hydrogens is 374 g/mol. The molecule has 1 unspecified atom stereocenters. The average Bonchev–Trinajstić information content (AvgIpc) is 2.66. The Kier molecular flexibility index (Phi) is 8.26. The summed E-state index contributed by atoms with van der Waals surface area (Å²) < 4.78 is 5.00. The third-order valence-electron chi connectivity index (χ3n) is 4.15. The van der Waals surface area contributed by atoms with Gasteiger partial charge in [-0.25, -0.2) is 4.79 Å². The maximum atomic E-state index is 12.7. The SMILES string of the molecule is CCOC(=O)c1cccc(NC(=O)C(CC)Cc2cccc(SC(C)=O)c2)c1. The fourth-order valence-corrected chi connectivity index (χ4v) is 3.48. The molecule has 0 aromatic heterocycles. The van der Waals surface area contributed by atoms with Crippen molar-refractivity contribution in [2.24, 2.45) is 5.92 Å². The Morgan fingerprint density at radius 1 is 1.07 bits per heavy atom. The third-order valence-corrected chi connectivity index (χ3v) is 4.92. The van der Waals surface area contributed by atoms with Gasteiger partial charge in [0.1, 0.15) is 0 Å². The molecule has 0 radical (unpaired) electrons. The molecule has 1 atom stereocenters. The fourth-order valence-electron chi connectivity index (χ4n) is 2.79. The maximum Gasteiger partial charge on any atom is 0.338 e. The van der Waals surface area contributed by atoms with Crippen molar-refractivity contribution in [3.8, 4) is 0 Å². The van der Waals surface area contributed by atoms with Crippen molar-refractivity contribution in [1.29, 1.82) is 0 Å². The molecule has 0 aliphatic heterocycles. The summed E-state index contributed by atoms with van der Waals surface area (Å²) in [6.45, 7) is 5.55. The van der Waals surface area contributed by atoms with E-state index in [-0.39, 0.29) is 16.9 Å². The largest absolute Gasteiger partial charge is 0.462 e. The van der Waals surface area contributed by atoms with Gasteiger partial charge >= 0.3 is 5.97 Å². The molecule has 0 aliphatic rings. The van der Waals surface area contributed by atoms with E-state index in [1.165, 1.54) is 18.7 Å². The number of anilines is 1. The highest BCUT2D eigenvalue weighted by molar-refractivity contribution is 8.13. The average molecular weight is 400 g/mol. The Balaban J connectivity index is 2.07. The number of ether oxygens (including phenoxy) is 1. The second kappa shape index (κ2) is 10.7. The van der Waals surface area contributed by atoms with Gasteiger partial charge in [0, 0.05) is 23.4 Å². The van der Waals surface area contributed by atoms with Crippen molar-refractivity contribution < 1.29 is 19.1 Å². The summed E-state index contributed by atoms with van der Waals surface area (Å²) in [4.78, 5) is 36.8. The number of rotatable bonds is 8. The maximum absolute atomic E-state index is 12.7. The smallest absolute Gasteiger partial charge is 0.338 e. The van der Waals surface area contributed by atoms with E-state index in [0.29, 0.717) is 30.7 Å². The number of hydrogen-bond acceptors (Lipinski definition) is 5. The minimum absolute atomic E-state index is 0.0309. The van der Waals surface area contributed by atoms with Crippen LogP contribution in [0.2, 0.25) is 0 Å². The van der Waals surface area contributed by atoms with Gasteiger partial charge < -0.3 is 10.1 Å². The Hall–Kier alpha value is -2.60. The molecule has 2 rings (SSSR count). The summed E-state index contributed by atoms with van der Waals surface area (Å²) in [5.41, 5.74) is 1.98. The van der Waals surface area contributed by atoms with Gasteiger partial charge in [0.2, 0.25) is 5.91 Å². The van der Waals surface area contributed by atoms with Crippen LogP contribution in [0.4, 0.5) is 5.69 Å². The predicted octanol–water partition coefficient (Wildman–Crippen LogP) is 4.71. The van der Waals surface area contributed by atoms with Gasteiger partial charge in [-0.2, -0.15) is 0 Å². The van der Waals surface area contributed by atoms with Gasteiger partial charge in [0.15, 0.2) is 5.12 Å². The second-order valence-corrected chi connectivity index (χ2v) is 7.59. The molecule has 148 valence electrons. The lowest BCUT2D eigenvalue weighted by atomic mass is 9.96. The predicted molar refractivity (Wildman–Crippen MR) is 111 cm³/mol. The van der Waals surface area contributed by atoms with E-state index in [2.05, 4.69) is 5.32 Å². The van der Waals surface area contributed by atoms with E-state index in [1.807, 2.05) is 31.2 Å². The lowest BCUT2D eigenvalue weighted by Gasteiger charge is -2.16. The molecule has 0 saturated heterocycles. The zero-order valence-electron chi connectivity index (χ0n) is 16.4. The molecule has 28 heavy (non-hydrogen) atoms. The van der Waals surface area contributed by atoms with E-state index in [4.69, 9.17) is 4.74 Å². The number of carbonyl (C=O) groups is 3. The van der Waals surface area contributed by atoms with Crippen molar-refractivity contribution in [3.63, 3.8) is 0 Å². The Morgan fingerprint density at radius 3 is 2.50 bits per heavy atom. The first-order valence-corrected chi connectivity index (χ1v) is 10.1. The first-order valence-electron chi connectivity index (χ1n) is 9.28. The summed E-state index contributed by atoms with van der Waals surface area (Å²) >= 11 is 1.18. The van der Waals surface area contributed by atoms with Crippen molar-refractivity contribution in [1.82, 2.24) is 0 Å². The van der Waals surface area contributed by atoms with Crippen LogP contribution in [-0.2, 0) is 20.7 Å². The number of nitrogens with one attached hydrogen (secondary N) is 1. The van der Waals surface area contributed by atoms with Crippen LogP contribution in [0, 0.1) is 5.92 Å². The molecular formula is C22H25NO4S. The minimum atomic E-state index is -0.412. The molecule has 1 amide bonds. The van der Waals surface area contributed by atoms with Crippen LogP contribution in [0.25, 0.3) is 0 Å². The highest BCUT2D eigenvalue weighted by Crippen LogP contribution is 2.23. The number of hydrogen-bond donors (Lipinski definition) is 1. The van der Waals surface area contributed by atoms with E-state index < -0.39 is 5.97 Å². The summed E-state index contributed by atoms with van der Waals surface area (Å²) in [7, 11) is 0. The number of thioether (sulfide) groups is 1. The summed E-state index contributed by atoms with van der Waals surface area (Å²) in [6, 6.07) is 14.4. The van der Waals surface area contributed by atoms with Crippen molar-refractivity contribution in [2.45, 2.75) is 38.5 Å². The molecule has 6 heteroatoms. The number of carbonyl (C=O) groups excluding carboxylic acids is 3. The lowest BCUT2D eigenvalue weighted by molar-refractivity contribution is -0.120. The van der Waals surface area contributed by atoms with E-state index in [9.17, 15) is 14.4 Å². The normalized spacial score (nSPS) is 11.5. The van der Waals surface area contributed by atoms with E-state index in [1.54, 1.807) is 31.2 Å². The number of benzene rings is 2. The van der Waals surface area contributed by atoms with Gasteiger partial charge in [-0.05, 0) is 55.7 Å². The van der Waals surface area contributed by atoms with Crippen LogP contribution in [0.3, 0.4) is 0 Å². The highest BCUT2D eigenvalue weighted by atomic mass is 32.2. The Bertz CT molecular complexity index is 850. The zero-order valence-corrected chi connectivity index (χ0v) is 17.2. The summed E-state index contributed by atoms with van der Waals surface area (Å²) in [6.07, 6.45) is 1.25. The second-order valence-electron chi connectivity index (χ2n) is 6.34. The summed E-state index contributed by atoms with van der Waals surface area (Å²) in [5.74, 6) is -0.734. The monoisotopic (exact) mass is 399 g/mol. The van der Waals surface area contributed by atoms with Crippen LogP contribution in [0.5, 0.6) is 0 Å². The van der Waals surface area contributed by atoms with Gasteiger partial charge in [0.05, 0.1) is 12.2 Å². The molecule has 0 bridgehead atoms. The van der Waals surface area contributed by atoms with Crippen molar-refractivity contribution >= 4 is 34.4 Å². The van der Waals surface area contributed by atoms with E-state index >= 15 is 0 Å². The molecule has 5 nitrogen and oxygen atoms in total. The fraction of sp³-hybridized carbons (Fsp3) is 0.318. The first kappa shape index (κ1) is 21.7. The van der Waals surface area contributed by atoms with Crippen LogP contribution in [0.1, 0.15) is 43.1 Å². The van der Waals surface area contributed by atoms with Gasteiger partial charge in [0.25, 0.3) is 0 Å².